The fourth-order valence-electron chi connectivity index (χ4n) is 3.41. The van der Waals surface area contributed by atoms with Crippen LogP contribution in [0.1, 0.15) is 51.9 Å². The minimum absolute atomic E-state index is 0.695. The molecule has 1 aliphatic heterocycles. The van der Waals surface area contributed by atoms with Crippen LogP contribution < -0.4 is 10.6 Å². The molecule has 96 valence electrons. The van der Waals surface area contributed by atoms with Crippen molar-refractivity contribution in [2.75, 3.05) is 13.1 Å². The molecule has 1 saturated carbocycles. The fourth-order valence-corrected chi connectivity index (χ4v) is 3.41. The van der Waals surface area contributed by atoms with E-state index in [0.717, 1.165) is 18.5 Å². The Morgan fingerprint density at radius 2 is 1.94 bits per heavy atom. The van der Waals surface area contributed by atoms with Crippen LogP contribution in [0.3, 0.4) is 0 Å². The third-order valence-electron chi connectivity index (χ3n) is 4.31. The van der Waals surface area contributed by atoms with E-state index < -0.39 is 0 Å². The molecule has 2 heteroatoms. The molecule has 2 nitrogen and oxygen atoms in total. The number of hydrogen-bond donors (Lipinski definition) is 2. The summed E-state index contributed by atoms with van der Waals surface area (Å²) in [7, 11) is 0. The Kier molecular flexibility index (Phi) is 5.35. The third-order valence-corrected chi connectivity index (χ3v) is 4.31. The van der Waals surface area contributed by atoms with Gasteiger partial charge in [0.15, 0.2) is 0 Å². The van der Waals surface area contributed by atoms with E-state index in [1.165, 1.54) is 51.5 Å². The van der Waals surface area contributed by atoms with Crippen LogP contribution in [-0.4, -0.2) is 25.2 Å². The van der Waals surface area contributed by atoms with Crippen molar-refractivity contribution in [1.29, 1.82) is 0 Å². The second-order valence-electron chi connectivity index (χ2n) is 5.42. The first-order valence-corrected chi connectivity index (χ1v) is 7.28. The van der Waals surface area contributed by atoms with Crippen LogP contribution >= 0.6 is 0 Å². The Bertz CT molecular complexity index is 270. The molecule has 1 saturated heterocycles. The van der Waals surface area contributed by atoms with Gasteiger partial charge < -0.3 is 10.6 Å². The van der Waals surface area contributed by atoms with Crippen molar-refractivity contribution in [2.24, 2.45) is 5.92 Å². The zero-order valence-corrected chi connectivity index (χ0v) is 11.1. The molecule has 3 unspecified atom stereocenters. The summed E-state index contributed by atoms with van der Waals surface area (Å²) < 4.78 is 0. The SMILES string of the molecule is CC#CCNC1CCCCC1C1CCCCN1. The Balaban J connectivity index is 1.87. The van der Waals surface area contributed by atoms with Gasteiger partial charge in [-0.2, -0.15) is 0 Å². The zero-order valence-electron chi connectivity index (χ0n) is 11.1. The third kappa shape index (κ3) is 3.72. The topological polar surface area (TPSA) is 24.1 Å². The minimum atomic E-state index is 0.695. The zero-order chi connectivity index (χ0) is 11.9. The predicted molar refractivity (Wildman–Crippen MR) is 72.8 cm³/mol. The van der Waals surface area contributed by atoms with Crippen LogP contribution in [0, 0.1) is 17.8 Å². The summed E-state index contributed by atoms with van der Waals surface area (Å²) in [5.74, 6) is 6.95. The van der Waals surface area contributed by atoms with E-state index in [-0.39, 0.29) is 0 Å². The molecule has 3 atom stereocenters. The average molecular weight is 234 g/mol. The van der Waals surface area contributed by atoms with Gasteiger partial charge in [0.1, 0.15) is 0 Å². The van der Waals surface area contributed by atoms with Crippen molar-refractivity contribution < 1.29 is 0 Å². The van der Waals surface area contributed by atoms with Crippen molar-refractivity contribution in [2.45, 2.75) is 64.0 Å². The summed E-state index contributed by atoms with van der Waals surface area (Å²) in [5, 5.41) is 7.39. The lowest BCUT2D eigenvalue weighted by molar-refractivity contribution is 0.185. The largest absolute Gasteiger partial charge is 0.314 e. The second-order valence-corrected chi connectivity index (χ2v) is 5.42. The molecule has 0 bridgehead atoms. The summed E-state index contributed by atoms with van der Waals surface area (Å²) in [6.45, 7) is 4.01. The van der Waals surface area contributed by atoms with Crippen LogP contribution in [0.25, 0.3) is 0 Å². The van der Waals surface area contributed by atoms with E-state index in [1.54, 1.807) is 0 Å². The van der Waals surface area contributed by atoms with Crippen LogP contribution in [0.4, 0.5) is 0 Å². The second kappa shape index (κ2) is 7.03. The Hall–Kier alpha value is -0.520. The summed E-state index contributed by atoms with van der Waals surface area (Å²) in [4.78, 5) is 0. The standard InChI is InChI=1S/C15H26N2/c1-2-3-11-16-14-9-5-4-8-13(14)15-10-6-7-12-17-15/h13-17H,4-12H2,1H3. The number of rotatable bonds is 3. The van der Waals surface area contributed by atoms with Gasteiger partial charge in [0.05, 0.1) is 6.54 Å². The van der Waals surface area contributed by atoms with Crippen molar-refractivity contribution >= 4 is 0 Å². The van der Waals surface area contributed by atoms with E-state index in [4.69, 9.17) is 0 Å². The summed E-state index contributed by atoms with van der Waals surface area (Å²) in [6.07, 6.45) is 9.70. The first-order valence-electron chi connectivity index (χ1n) is 7.28. The smallest absolute Gasteiger partial charge is 0.0578 e. The summed E-state index contributed by atoms with van der Waals surface area (Å²) >= 11 is 0. The Morgan fingerprint density at radius 1 is 1.12 bits per heavy atom. The lowest BCUT2D eigenvalue weighted by Crippen LogP contribution is -2.50. The van der Waals surface area contributed by atoms with Gasteiger partial charge in [0.25, 0.3) is 0 Å². The normalized spacial score (nSPS) is 33.8. The molecule has 0 aromatic heterocycles. The monoisotopic (exact) mass is 234 g/mol. The van der Waals surface area contributed by atoms with Crippen LogP contribution in [-0.2, 0) is 0 Å². The van der Waals surface area contributed by atoms with Gasteiger partial charge >= 0.3 is 0 Å². The maximum absolute atomic E-state index is 3.73. The minimum Gasteiger partial charge on any atom is -0.314 e. The van der Waals surface area contributed by atoms with Gasteiger partial charge in [0, 0.05) is 12.1 Å². The molecular formula is C15H26N2. The molecule has 0 radical (unpaired) electrons. The average Bonchev–Trinajstić information content (AvgIpc) is 2.41. The maximum atomic E-state index is 3.73. The molecule has 17 heavy (non-hydrogen) atoms. The van der Waals surface area contributed by atoms with Crippen molar-refractivity contribution in [1.82, 2.24) is 10.6 Å². The molecule has 1 aliphatic carbocycles. The van der Waals surface area contributed by atoms with E-state index >= 15 is 0 Å². The molecule has 0 aromatic carbocycles. The van der Waals surface area contributed by atoms with E-state index in [9.17, 15) is 0 Å². The molecule has 2 aliphatic rings. The lowest BCUT2D eigenvalue weighted by Gasteiger charge is -2.39. The van der Waals surface area contributed by atoms with E-state index in [2.05, 4.69) is 22.5 Å². The van der Waals surface area contributed by atoms with Gasteiger partial charge in [0.2, 0.25) is 0 Å². The van der Waals surface area contributed by atoms with Gasteiger partial charge in [-0.3, -0.25) is 0 Å². The van der Waals surface area contributed by atoms with Crippen molar-refractivity contribution in [3.8, 4) is 11.8 Å². The van der Waals surface area contributed by atoms with Gasteiger partial charge in [-0.1, -0.05) is 25.2 Å². The first kappa shape index (κ1) is 12.9. The van der Waals surface area contributed by atoms with Crippen LogP contribution in [0.2, 0.25) is 0 Å². The maximum Gasteiger partial charge on any atom is 0.0578 e. The first-order chi connectivity index (χ1) is 8.42. The van der Waals surface area contributed by atoms with Gasteiger partial charge in [-0.25, -0.2) is 0 Å². The number of nitrogens with one attached hydrogen (secondary N) is 2. The predicted octanol–water partition coefficient (Wildman–Crippen LogP) is 2.30. The highest BCUT2D eigenvalue weighted by Gasteiger charge is 2.31. The quantitative estimate of drug-likeness (QED) is 0.732. The highest BCUT2D eigenvalue weighted by molar-refractivity contribution is 4.99. The van der Waals surface area contributed by atoms with Crippen LogP contribution in [0.5, 0.6) is 0 Å². The summed E-state index contributed by atoms with van der Waals surface area (Å²) in [5.41, 5.74) is 0. The van der Waals surface area contributed by atoms with E-state index in [0.29, 0.717) is 6.04 Å². The Labute approximate surface area is 106 Å². The molecule has 0 spiro atoms. The molecule has 0 amide bonds. The molecule has 2 fully saturated rings. The molecule has 0 aromatic rings. The fraction of sp³-hybridized carbons (Fsp3) is 0.867. The molecular weight excluding hydrogens is 208 g/mol. The van der Waals surface area contributed by atoms with Crippen molar-refractivity contribution in [3.05, 3.63) is 0 Å². The number of piperidine rings is 1. The number of hydrogen-bond acceptors (Lipinski definition) is 2. The van der Waals surface area contributed by atoms with Gasteiger partial charge in [-0.05, 0) is 45.1 Å². The lowest BCUT2D eigenvalue weighted by atomic mass is 9.77. The Morgan fingerprint density at radius 3 is 2.71 bits per heavy atom. The highest BCUT2D eigenvalue weighted by atomic mass is 15.0. The molecule has 1 heterocycles. The molecule has 2 N–H and O–H groups in total. The van der Waals surface area contributed by atoms with Crippen LogP contribution in [0.15, 0.2) is 0 Å². The van der Waals surface area contributed by atoms with Gasteiger partial charge in [-0.15, -0.1) is 5.92 Å². The highest BCUT2D eigenvalue weighted by Crippen LogP contribution is 2.30. The van der Waals surface area contributed by atoms with E-state index in [1.807, 2.05) is 6.92 Å². The van der Waals surface area contributed by atoms with Crippen molar-refractivity contribution in [3.63, 3.8) is 0 Å². The molecule has 2 rings (SSSR count). The summed E-state index contributed by atoms with van der Waals surface area (Å²) in [6, 6.07) is 1.45.